The predicted octanol–water partition coefficient (Wildman–Crippen LogP) is 5.40. The third-order valence-corrected chi connectivity index (χ3v) is 12.5. The molecule has 5 aromatic carbocycles. The fourth-order valence-electron chi connectivity index (χ4n) is 4.74. The van der Waals surface area contributed by atoms with Crippen molar-refractivity contribution in [1.82, 2.24) is 0 Å². The summed E-state index contributed by atoms with van der Waals surface area (Å²) < 4.78 is 35.1. The van der Waals surface area contributed by atoms with Crippen molar-refractivity contribution in [2.75, 3.05) is 0 Å². The minimum atomic E-state index is -3.90. The van der Waals surface area contributed by atoms with Crippen molar-refractivity contribution in [3.8, 4) is 0 Å². The molecule has 5 rings (SSSR count). The quantitative estimate of drug-likeness (QED) is 0.189. The second-order valence-electron chi connectivity index (χ2n) is 8.97. The molecule has 0 N–H and O–H groups in total. The zero-order valence-electron chi connectivity index (χ0n) is 20.9. The molecule has 0 aliphatic heterocycles. The molecule has 5 aromatic rings. The third-order valence-electron chi connectivity index (χ3n) is 6.63. The fraction of sp³-hybridized carbons (Fsp3) is 0.0303. The van der Waals surface area contributed by atoms with Crippen LogP contribution >= 0.6 is 0 Å². The standard InChI is InChI=1S/C33H28O3SSi/c1-27(37(34,35)29-19-9-3-10-20-29)33(28-17-7-2-8-18-28)36-38(30-21-11-4-12-22-30,31-23-13-5-14-24-31)32-25-15-6-16-26-32/h2-26,33H,1H2. The lowest BCUT2D eigenvalue weighted by Gasteiger charge is -2.37. The number of sulfone groups is 1. The van der Waals surface area contributed by atoms with E-state index < -0.39 is 24.3 Å². The number of rotatable bonds is 9. The minimum Gasteiger partial charge on any atom is -0.392 e. The summed E-state index contributed by atoms with van der Waals surface area (Å²) in [4.78, 5) is 0.204. The van der Waals surface area contributed by atoms with E-state index in [4.69, 9.17) is 4.43 Å². The van der Waals surface area contributed by atoms with E-state index in [1.165, 1.54) is 0 Å². The molecule has 0 aliphatic rings. The lowest BCUT2D eigenvalue weighted by atomic mass is 10.1. The Morgan fingerprint density at radius 2 is 0.895 bits per heavy atom. The summed E-state index contributed by atoms with van der Waals surface area (Å²) in [5, 5.41) is 3.05. The van der Waals surface area contributed by atoms with Crippen LogP contribution in [-0.2, 0) is 14.3 Å². The summed E-state index contributed by atoms with van der Waals surface area (Å²) in [6, 6.07) is 48.3. The van der Waals surface area contributed by atoms with E-state index in [0.717, 1.165) is 21.1 Å². The molecule has 0 spiro atoms. The third kappa shape index (κ3) is 4.92. The van der Waals surface area contributed by atoms with Gasteiger partial charge in [-0.3, -0.25) is 0 Å². The summed E-state index contributed by atoms with van der Waals surface area (Å²) in [7, 11) is -7.14. The summed E-state index contributed by atoms with van der Waals surface area (Å²) in [5.74, 6) is 0. The zero-order chi connectivity index (χ0) is 26.4. The van der Waals surface area contributed by atoms with E-state index in [9.17, 15) is 8.42 Å². The Morgan fingerprint density at radius 3 is 1.29 bits per heavy atom. The predicted molar refractivity (Wildman–Crippen MR) is 157 cm³/mol. The van der Waals surface area contributed by atoms with Crippen LogP contribution < -0.4 is 15.6 Å². The molecule has 0 bridgehead atoms. The SMILES string of the molecule is C=C(C(O[Si](c1ccccc1)(c1ccccc1)c1ccccc1)c1ccccc1)S(=O)(=O)c1ccccc1. The molecule has 188 valence electrons. The van der Waals surface area contributed by atoms with Crippen LogP contribution in [0.15, 0.2) is 168 Å². The molecule has 0 amide bonds. The highest BCUT2D eigenvalue weighted by molar-refractivity contribution is 7.95. The van der Waals surface area contributed by atoms with Crippen LogP contribution in [0.2, 0.25) is 0 Å². The van der Waals surface area contributed by atoms with Crippen molar-refractivity contribution in [2.45, 2.75) is 11.0 Å². The van der Waals surface area contributed by atoms with Crippen LogP contribution in [0.4, 0.5) is 0 Å². The lowest BCUT2D eigenvalue weighted by molar-refractivity contribution is 0.253. The summed E-state index contributed by atoms with van der Waals surface area (Å²) in [5.41, 5.74) is 0.733. The van der Waals surface area contributed by atoms with E-state index in [2.05, 4.69) is 43.0 Å². The van der Waals surface area contributed by atoms with Crippen molar-refractivity contribution in [3.05, 3.63) is 169 Å². The maximum Gasteiger partial charge on any atom is 0.289 e. The Balaban J connectivity index is 1.77. The van der Waals surface area contributed by atoms with Gasteiger partial charge in [0.2, 0.25) is 9.84 Å². The molecule has 1 atom stereocenters. The van der Waals surface area contributed by atoms with E-state index in [1.54, 1.807) is 30.3 Å². The molecule has 5 heteroatoms. The van der Waals surface area contributed by atoms with Gasteiger partial charge >= 0.3 is 0 Å². The normalized spacial score (nSPS) is 12.5. The second-order valence-corrected chi connectivity index (χ2v) is 14.3. The van der Waals surface area contributed by atoms with Gasteiger partial charge in [0.15, 0.2) is 0 Å². The molecule has 0 saturated heterocycles. The largest absolute Gasteiger partial charge is 0.392 e. The van der Waals surface area contributed by atoms with Crippen molar-refractivity contribution in [1.29, 1.82) is 0 Å². The van der Waals surface area contributed by atoms with Gasteiger partial charge in [-0.15, -0.1) is 0 Å². The van der Waals surface area contributed by atoms with E-state index in [-0.39, 0.29) is 9.80 Å². The van der Waals surface area contributed by atoms with Crippen molar-refractivity contribution >= 4 is 33.7 Å². The van der Waals surface area contributed by atoms with Gasteiger partial charge in [-0.05, 0) is 33.3 Å². The molecule has 1 unspecified atom stereocenters. The minimum absolute atomic E-state index is 0.00886. The Morgan fingerprint density at radius 1 is 0.553 bits per heavy atom. The summed E-state index contributed by atoms with van der Waals surface area (Å²) >= 11 is 0. The fourth-order valence-corrected chi connectivity index (χ4v) is 10.1. The second kappa shape index (κ2) is 11.2. The smallest absolute Gasteiger partial charge is 0.289 e. The Hall–Kier alpha value is -4.03. The maximum atomic E-state index is 13.9. The average molecular weight is 533 g/mol. The first-order valence-electron chi connectivity index (χ1n) is 12.4. The van der Waals surface area contributed by atoms with Gasteiger partial charge in [-0.1, -0.05) is 146 Å². The van der Waals surface area contributed by atoms with Gasteiger partial charge in [0.25, 0.3) is 8.32 Å². The molecular formula is C33H28O3SSi. The number of hydrogen-bond donors (Lipinski definition) is 0. The lowest BCUT2D eigenvalue weighted by Crippen LogP contribution is -2.69. The summed E-state index contributed by atoms with van der Waals surface area (Å²) in [6.07, 6.45) is -0.909. The topological polar surface area (TPSA) is 43.4 Å². The summed E-state index contributed by atoms with van der Waals surface area (Å²) in [6.45, 7) is 4.15. The first kappa shape index (κ1) is 25.6. The van der Waals surface area contributed by atoms with Crippen LogP contribution in [0, 0.1) is 0 Å². The van der Waals surface area contributed by atoms with Crippen LogP contribution in [0.1, 0.15) is 11.7 Å². The molecule has 3 nitrogen and oxygen atoms in total. The van der Waals surface area contributed by atoms with Crippen LogP contribution in [-0.4, -0.2) is 16.7 Å². The van der Waals surface area contributed by atoms with Crippen LogP contribution in [0.5, 0.6) is 0 Å². The highest BCUT2D eigenvalue weighted by Gasteiger charge is 2.45. The molecular weight excluding hydrogens is 505 g/mol. The van der Waals surface area contributed by atoms with E-state index in [0.29, 0.717) is 0 Å². The van der Waals surface area contributed by atoms with E-state index in [1.807, 2.05) is 84.9 Å². The first-order valence-corrected chi connectivity index (χ1v) is 15.8. The molecule has 0 aliphatic carbocycles. The molecule has 0 radical (unpaired) electrons. The maximum absolute atomic E-state index is 13.9. The van der Waals surface area contributed by atoms with Gasteiger partial charge in [0.1, 0.15) is 6.10 Å². The molecule has 0 saturated carbocycles. The van der Waals surface area contributed by atoms with Gasteiger partial charge in [-0.2, -0.15) is 0 Å². The van der Waals surface area contributed by atoms with Crippen LogP contribution in [0.25, 0.3) is 0 Å². The monoisotopic (exact) mass is 532 g/mol. The van der Waals surface area contributed by atoms with Crippen molar-refractivity contribution < 1.29 is 12.8 Å². The molecule has 38 heavy (non-hydrogen) atoms. The van der Waals surface area contributed by atoms with Gasteiger partial charge in [0, 0.05) is 0 Å². The van der Waals surface area contributed by atoms with Crippen molar-refractivity contribution in [3.63, 3.8) is 0 Å². The number of benzene rings is 5. The van der Waals surface area contributed by atoms with Gasteiger partial charge in [-0.25, -0.2) is 8.42 Å². The highest BCUT2D eigenvalue weighted by Crippen LogP contribution is 2.34. The van der Waals surface area contributed by atoms with Gasteiger partial charge in [0.05, 0.1) is 9.80 Å². The van der Waals surface area contributed by atoms with Gasteiger partial charge < -0.3 is 4.43 Å². The highest BCUT2D eigenvalue weighted by atomic mass is 32.2. The van der Waals surface area contributed by atoms with Crippen molar-refractivity contribution in [2.24, 2.45) is 0 Å². The average Bonchev–Trinajstić information content (AvgIpc) is 3.00. The molecule has 0 heterocycles. The van der Waals surface area contributed by atoms with Crippen LogP contribution in [0.3, 0.4) is 0 Å². The first-order chi connectivity index (χ1) is 18.5. The van der Waals surface area contributed by atoms with E-state index >= 15 is 0 Å². The Bertz CT molecular complexity index is 1490. The molecule has 0 fully saturated rings. The Labute approximate surface area is 225 Å². The number of hydrogen-bond acceptors (Lipinski definition) is 3. The Kier molecular flexibility index (Phi) is 7.51. The molecule has 0 aromatic heterocycles. The zero-order valence-corrected chi connectivity index (χ0v) is 22.7.